The van der Waals surface area contributed by atoms with E-state index >= 15 is 0 Å². The first-order chi connectivity index (χ1) is 8.50. The Bertz CT molecular complexity index is 396. The fourth-order valence-corrected chi connectivity index (χ4v) is 1.81. The number of hydrogen-bond donors (Lipinski definition) is 3. The maximum absolute atomic E-state index is 11.6. The van der Waals surface area contributed by atoms with Gasteiger partial charge < -0.3 is 16.4 Å². The Balaban J connectivity index is 2.25. The predicted octanol–water partition coefficient (Wildman–Crippen LogP) is 1.96. The number of rotatable bonds is 6. The lowest BCUT2D eigenvalue weighted by atomic mass is 10.1. The number of amides is 1. The van der Waals surface area contributed by atoms with Crippen molar-refractivity contribution in [2.24, 2.45) is 11.7 Å². The average Bonchev–Trinajstić information content (AvgIpc) is 2.33. The van der Waals surface area contributed by atoms with Crippen molar-refractivity contribution in [1.82, 2.24) is 5.32 Å². The molecule has 0 heterocycles. The van der Waals surface area contributed by atoms with Gasteiger partial charge in [0.1, 0.15) is 0 Å². The zero-order chi connectivity index (χ0) is 13.5. The number of anilines is 1. The van der Waals surface area contributed by atoms with E-state index in [9.17, 15) is 4.79 Å². The summed E-state index contributed by atoms with van der Waals surface area (Å²) >= 11 is 3.40. The third kappa shape index (κ3) is 5.06. The lowest BCUT2D eigenvalue weighted by molar-refractivity contribution is -0.123. The minimum Gasteiger partial charge on any atom is -0.383 e. The molecule has 1 amide bonds. The van der Waals surface area contributed by atoms with Crippen LogP contribution in [0.2, 0.25) is 0 Å². The first-order valence-electron chi connectivity index (χ1n) is 6.03. The number of nitrogens with two attached hydrogens (primary N) is 1. The van der Waals surface area contributed by atoms with Gasteiger partial charge in [-0.15, -0.1) is 0 Å². The Hall–Kier alpha value is -1.07. The largest absolute Gasteiger partial charge is 0.383 e. The molecular formula is C13H20BrN3O. The molecule has 4 nitrogen and oxygen atoms in total. The molecule has 4 N–H and O–H groups in total. The lowest BCUT2D eigenvalue weighted by Crippen LogP contribution is -2.45. The van der Waals surface area contributed by atoms with Gasteiger partial charge >= 0.3 is 0 Å². The highest BCUT2D eigenvalue weighted by Crippen LogP contribution is 2.14. The average molecular weight is 314 g/mol. The molecule has 0 radical (unpaired) electrons. The van der Waals surface area contributed by atoms with E-state index in [-0.39, 0.29) is 11.8 Å². The molecule has 0 aromatic heterocycles. The number of halogens is 1. The molecule has 0 saturated carbocycles. The molecule has 0 aliphatic carbocycles. The van der Waals surface area contributed by atoms with Crippen molar-refractivity contribution in [3.05, 3.63) is 28.7 Å². The normalized spacial score (nSPS) is 12.3. The molecule has 0 unspecified atom stereocenters. The molecule has 1 rings (SSSR count). The molecule has 0 bridgehead atoms. The molecule has 0 aliphatic rings. The van der Waals surface area contributed by atoms with Crippen LogP contribution in [-0.2, 0) is 4.79 Å². The molecule has 0 spiro atoms. The number of hydrogen-bond acceptors (Lipinski definition) is 3. The molecule has 1 aromatic rings. The lowest BCUT2D eigenvalue weighted by Gasteiger charge is -2.15. The predicted molar refractivity (Wildman–Crippen MR) is 78.5 cm³/mol. The van der Waals surface area contributed by atoms with Crippen LogP contribution in [0.4, 0.5) is 5.69 Å². The molecular weight excluding hydrogens is 294 g/mol. The Kier molecular flexibility index (Phi) is 6.15. The summed E-state index contributed by atoms with van der Waals surface area (Å²) in [6.07, 6.45) is 0. The highest BCUT2D eigenvalue weighted by atomic mass is 79.9. The molecule has 5 heteroatoms. The van der Waals surface area contributed by atoms with Crippen molar-refractivity contribution in [1.29, 1.82) is 0 Å². The number of benzene rings is 1. The molecule has 0 aliphatic heterocycles. The summed E-state index contributed by atoms with van der Waals surface area (Å²) in [6, 6.07) is 7.46. The summed E-state index contributed by atoms with van der Waals surface area (Å²) in [6.45, 7) is 5.10. The summed E-state index contributed by atoms with van der Waals surface area (Å²) in [5.74, 6) is 0.0593. The fourth-order valence-electron chi connectivity index (χ4n) is 1.41. The maximum Gasteiger partial charge on any atom is 0.237 e. The Labute approximate surface area is 116 Å². The SMILES string of the molecule is CC(C)[C@H](N)C(=O)NCCNc1cccc(Br)c1. The Morgan fingerprint density at radius 1 is 1.39 bits per heavy atom. The van der Waals surface area contributed by atoms with Crippen molar-refractivity contribution in [3.8, 4) is 0 Å². The van der Waals surface area contributed by atoms with Crippen LogP contribution in [0.1, 0.15) is 13.8 Å². The van der Waals surface area contributed by atoms with Gasteiger partial charge in [-0.05, 0) is 24.1 Å². The van der Waals surface area contributed by atoms with Gasteiger partial charge in [0.2, 0.25) is 5.91 Å². The summed E-state index contributed by atoms with van der Waals surface area (Å²) in [5, 5.41) is 6.03. The van der Waals surface area contributed by atoms with Crippen LogP contribution in [0, 0.1) is 5.92 Å². The highest BCUT2D eigenvalue weighted by Gasteiger charge is 2.15. The summed E-state index contributed by atoms with van der Waals surface area (Å²) in [4.78, 5) is 11.6. The summed E-state index contributed by atoms with van der Waals surface area (Å²) in [7, 11) is 0. The van der Waals surface area contributed by atoms with Crippen molar-refractivity contribution in [2.75, 3.05) is 18.4 Å². The molecule has 18 heavy (non-hydrogen) atoms. The Morgan fingerprint density at radius 3 is 2.72 bits per heavy atom. The first kappa shape index (κ1) is 15.0. The van der Waals surface area contributed by atoms with Gasteiger partial charge in [0, 0.05) is 23.2 Å². The van der Waals surface area contributed by atoms with Crippen LogP contribution in [0.3, 0.4) is 0 Å². The van der Waals surface area contributed by atoms with Gasteiger partial charge in [0.05, 0.1) is 6.04 Å². The van der Waals surface area contributed by atoms with E-state index < -0.39 is 6.04 Å². The zero-order valence-electron chi connectivity index (χ0n) is 10.7. The second-order valence-electron chi connectivity index (χ2n) is 4.50. The number of carbonyl (C=O) groups excluding carboxylic acids is 1. The molecule has 1 aromatic carbocycles. The monoisotopic (exact) mass is 313 g/mol. The van der Waals surface area contributed by atoms with Crippen molar-refractivity contribution < 1.29 is 4.79 Å². The van der Waals surface area contributed by atoms with Crippen LogP contribution >= 0.6 is 15.9 Å². The second kappa shape index (κ2) is 7.38. The Morgan fingerprint density at radius 2 is 2.11 bits per heavy atom. The van der Waals surface area contributed by atoms with E-state index in [4.69, 9.17) is 5.73 Å². The highest BCUT2D eigenvalue weighted by molar-refractivity contribution is 9.10. The van der Waals surface area contributed by atoms with E-state index in [1.165, 1.54) is 0 Å². The zero-order valence-corrected chi connectivity index (χ0v) is 12.3. The third-order valence-corrected chi connectivity index (χ3v) is 3.09. The van der Waals surface area contributed by atoms with Crippen LogP contribution in [-0.4, -0.2) is 25.0 Å². The minimum atomic E-state index is -0.434. The van der Waals surface area contributed by atoms with Crippen molar-refractivity contribution >= 4 is 27.5 Å². The molecule has 0 saturated heterocycles. The van der Waals surface area contributed by atoms with E-state index in [1.807, 2.05) is 38.1 Å². The van der Waals surface area contributed by atoms with E-state index in [0.717, 1.165) is 10.2 Å². The van der Waals surface area contributed by atoms with E-state index in [2.05, 4.69) is 26.6 Å². The number of nitrogens with one attached hydrogen (secondary N) is 2. The quantitative estimate of drug-likeness (QED) is 0.703. The van der Waals surface area contributed by atoms with Crippen LogP contribution in [0.15, 0.2) is 28.7 Å². The van der Waals surface area contributed by atoms with E-state index in [0.29, 0.717) is 13.1 Å². The standard InChI is InChI=1S/C13H20BrN3O/c1-9(2)12(15)13(18)17-7-6-16-11-5-3-4-10(14)8-11/h3-5,8-9,12,16H,6-7,15H2,1-2H3,(H,17,18)/t12-/m0/s1. The van der Waals surface area contributed by atoms with Gasteiger partial charge in [0.15, 0.2) is 0 Å². The molecule has 0 fully saturated rings. The fraction of sp³-hybridized carbons (Fsp3) is 0.462. The maximum atomic E-state index is 11.6. The third-order valence-electron chi connectivity index (χ3n) is 2.60. The van der Waals surface area contributed by atoms with Gasteiger partial charge in [-0.3, -0.25) is 4.79 Å². The summed E-state index contributed by atoms with van der Waals surface area (Å²) in [5.41, 5.74) is 6.75. The molecule has 100 valence electrons. The summed E-state index contributed by atoms with van der Waals surface area (Å²) < 4.78 is 1.03. The van der Waals surface area contributed by atoms with Crippen molar-refractivity contribution in [2.45, 2.75) is 19.9 Å². The van der Waals surface area contributed by atoms with Gasteiger partial charge in [-0.1, -0.05) is 35.8 Å². The van der Waals surface area contributed by atoms with Gasteiger partial charge in [-0.2, -0.15) is 0 Å². The van der Waals surface area contributed by atoms with Crippen LogP contribution in [0.5, 0.6) is 0 Å². The van der Waals surface area contributed by atoms with E-state index in [1.54, 1.807) is 0 Å². The van der Waals surface area contributed by atoms with Gasteiger partial charge in [-0.25, -0.2) is 0 Å². The smallest absolute Gasteiger partial charge is 0.237 e. The molecule has 1 atom stereocenters. The van der Waals surface area contributed by atoms with Gasteiger partial charge in [0.25, 0.3) is 0 Å². The van der Waals surface area contributed by atoms with Crippen LogP contribution < -0.4 is 16.4 Å². The van der Waals surface area contributed by atoms with Crippen LogP contribution in [0.25, 0.3) is 0 Å². The van der Waals surface area contributed by atoms with Crippen molar-refractivity contribution in [3.63, 3.8) is 0 Å². The topological polar surface area (TPSA) is 67.2 Å². The first-order valence-corrected chi connectivity index (χ1v) is 6.82. The second-order valence-corrected chi connectivity index (χ2v) is 5.41. The minimum absolute atomic E-state index is 0.0963. The number of carbonyl (C=O) groups is 1.